The number of carbonyl (C=O) groups is 2. The summed E-state index contributed by atoms with van der Waals surface area (Å²) in [6, 6.07) is 15.9. The van der Waals surface area contributed by atoms with Crippen molar-refractivity contribution in [2.45, 2.75) is 6.54 Å². The topological polar surface area (TPSA) is 118 Å². The number of anilines is 1. The van der Waals surface area contributed by atoms with Crippen LogP contribution in [0.1, 0.15) is 15.9 Å². The predicted molar refractivity (Wildman–Crippen MR) is 117 cm³/mol. The van der Waals surface area contributed by atoms with Crippen molar-refractivity contribution in [2.24, 2.45) is 5.73 Å². The molecule has 1 aliphatic rings. The third-order valence-electron chi connectivity index (χ3n) is 5.66. The average Bonchev–Trinajstić information content (AvgIpc) is 3.27. The van der Waals surface area contributed by atoms with Crippen LogP contribution in [0.15, 0.2) is 60.7 Å². The van der Waals surface area contributed by atoms with Gasteiger partial charge < -0.3 is 16.4 Å². The number of benzene rings is 3. The van der Waals surface area contributed by atoms with Gasteiger partial charge in [0.1, 0.15) is 0 Å². The number of hydrogen-bond acceptors (Lipinski definition) is 4. The molecule has 3 aromatic carbocycles. The Balaban J connectivity index is 1.59. The van der Waals surface area contributed by atoms with Crippen LogP contribution in [-0.4, -0.2) is 33.5 Å². The Bertz CT molecular complexity index is 1390. The smallest absolute Gasteiger partial charge is 0.254 e. The number of nitrogens with zero attached hydrogens (tertiary/aromatic N) is 2. The molecule has 2 heterocycles. The van der Waals surface area contributed by atoms with Crippen molar-refractivity contribution in [3.05, 3.63) is 71.8 Å². The molecule has 2 amide bonds. The number of hydrogen-bond donors (Lipinski definition) is 3. The normalized spacial score (nSPS) is 13.2. The quantitative estimate of drug-likeness (QED) is 0.459. The zero-order valence-corrected chi connectivity index (χ0v) is 16.1. The van der Waals surface area contributed by atoms with E-state index in [1.54, 1.807) is 4.90 Å². The van der Waals surface area contributed by atoms with Crippen molar-refractivity contribution in [3.8, 4) is 11.1 Å². The van der Waals surface area contributed by atoms with E-state index in [9.17, 15) is 9.59 Å². The molecule has 7 heteroatoms. The first-order chi connectivity index (χ1) is 14.4. The van der Waals surface area contributed by atoms with Crippen LogP contribution in [0.3, 0.4) is 0 Å². The highest BCUT2D eigenvalue weighted by Gasteiger charge is 2.29. The van der Waals surface area contributed by atoms with Crippen LogP contribution in [-0.2, 0) is 11.3 Å². The Labute approximate surface area is 172 Å². The minimum atomic E-state index is -0.597. The number of amides is 2. The van der Waals surface area contributed by atoms with Crippen molar-refractivity contribution in [3.63, 3.8) is 0 Å². The van der Waals surface area contributed by atoms with Gasteiger partial charge in [-0.1, -0.05) is 30.8 Å². The number of nitrogens with two attached hydrogens (primary N) is 2. The van der Waals surface area contributed by atoms with E-state index in [0.717, 1.165) is 38.4 Å². The van der Waals surface area contributed by atoms with E-state index in [1.165, 1.54) is 0 Å². The monoisotopic (exact) mass is 397 g/mol. The van der Waals surface area contributed by atoms with Gasteiger partial charge in [-0.15, -0.1) is 0 Å². The highest BCUT2D eigenvalue weighted by atomic mass is 16.2. The van der Waals surface area contributed by atoms with Gasteiger partial charge in [-0.3, -0.25) is 14.7 Å². The van der Waals surface area contributed by atoms with Crippen molar-refractivity contribution < 1.29 is 9.59 Å². The molecule has 7 nitrogen and oxygen atoms in total. The molecule has 1 aliphatic heterocycles. The number of carbonyl (C=O) groups excluding carboxylic acids is 2. The van der Waals surface area contributed by atoms with Crippen LogP contribution in [0, 0.1) is 0 Å². The summed E-state index contributed by atoms with van der Waals surface area (Å²) in [6.45, 7) is 4.21. The predicted octanol–water partition coefficient (Wildman–Crippen LogP) is 2.96. The second kappa shape index (κ2) is 6.45. The molecule has 0 fully saturated rings. The number of nitrogens with one attached hydrogen (secondary N) is 1. The van der Waals surface area contributed by atoms with Gasteiger partial charge in [0, 0.05) is 23.1 Å². The fourth-order valence-electron chi connectivity index (χ4n) is 4.01. The summed E-state index contributed by atoms with van der Waals surface area (Å²) in [5.74, 6) is -0.253. The highest BCUT2D eigenvalue weighted by molar-refractivity contribution is 6.06. The number of fused-ring (bicyclic) bond motifs is 4. The van der Waals surface area contributed by atoms with Crippen molar-refractivity contribution in [2.75, 3.05) is 12.3 Å². The maximum absolute atomic E-state index is 12.8. The van der Waals surface area contributed by atoms with Crippen LogP contribution in [0.5, 0.6) is 0 Å². The maximum Gasteiger partial charge on any atom is 0.254 e. The summed E-state index contributed by atoms with van der Waals surface area (Å²) in [5.41, 5.74) is 16.0. The van der Waals surface area contributed by atoms with Crippen molar-refractivity contribution >= 4 is 39.3 Å². The van der Waals surface area contributed by atoms with Gasteiger partial charge in [-0.05, 0) is 51.7 Å². The van der Waals surface area contributed by atoms with Crippen molar-refractivity contribution in [1.82, 2.24) is 15.1 Å². The largest absolute Gasteiger partial charge is 0.382 e. The summed E-state index contributed by atoms with van der Waals surface area (Å²) in [6.07, 6.45) is 0. The van der Waals surface area contributed by atoms with Crippen LogP contribution < -0.4 is 11.5 Å². The number of nitrogen functional groups attached to an aromatic ring is 1. The molecule has 148 valence electrons. The Morgan fingerprint density at radius 2 is 1.80 bits per heavy atom. The van der Waals surface area contributed by atoms with E-state index in [2.05, 4.69) is 28.9 Å². The highest BCUT2D eigenvalue weighted by Crippen LogP contribution is 2.34. The molecule has 0 atom stereocenters. The van der Waals surface area contributed by atoms with E-state index in [4.69, 9.17) is 11.5 Å². The molecular weight excluding hydrogens is 378 g/mol. The van der Waals surface area contributed by atoms with E-state index >= 15 is 0 Å². The second-order valence-electron chi connectivity index (χ2n) is 7.53. The Morgan fingerprint density at radius 3 is 2.57 bits per heavy atom. The van der Waals surface area contributed by atoms with Crippen LogP contribution in [0.25, 0.3) is 32.8 Å². The lowest BCUT2D eigenvalue weighted by atomic mass is 9.96. The summed E-state index contributed by atoms with van der Waals surface area (Å²) in [5, 5.41) is 9.88. The molecule has 1 aromatic heterocycles. The number of H-pyrrole nitrogens is 1. The lowest BCUT2D eigenvalue weighted by molar-refractivity contribution is -0.114. The SMILES string of the molecule is C=C(CN1Cc2c(ccc3ccc(-c4ccc5[nH]nc(N)c5c4)cc23)C1=O)C(N)=O. The van der Waals surface area contributed by atoms with Crippen molar-refractivity contribution in [1.29, 1.82) is 0 Å². The minimum absolute atomic E-state index is 0.118. The number of aromatic amines is 1. The summed E-state index contributed by atoms with van der Waals surface area (Å²) < 4.78 is 0. The Kier molecular flexibility index (Phi) is 3.86. The first-order valence-corrected chi connectivity index (χ1v) is 9.49. The molecule has 0 saturated heterocycles. The van der Waals surface area contributed by atoms with Crippen LogP contribution in [0.2, 0.25) is 0 Å². The molecule has 0 unspecified atom stereocenters. The molecule has 5 N–H and O–H groups in total. The first kappa shape index (κ1) is 17.9. The van der Waals surface area contributed by atoms with Gasteiger partial charge >= 0.3 is 0 Å². The molecule has 4 aromatic rings. The summed E-state index contributed by atoms with van der Waals surface area (Å²) >= 11 is 0. The van der Waals surface area contributed by atoms with E-state index < -0.39 is 5.91 Å². The third kappa shape index (κ3) is 2.71. The van der Waals surface area contributed by atoms with E-state index in [-0.39, 0.29) is 18.0 Å². The van der Waals surface area contributed by atoms with Gasteiger partial charge in [-0.2, -0.15) is 5.10 Å². The van der Waals surface area contributed by atoms with Gasteiger partial charge in [0.15, 0.2) is 5.82 Å². The average molecular weight is 397 g/mol. The zero-order chi connectivity index (χ0) is 21.0. The number of aromatic nitrogens is 2. The molecular formula is C23H19N5O2. The summed E-state index contributed by atoms with van der Waals surface area (Å²) in [7, 11) is 0. The molecule has 0 radical (unpaired) electrons. The lowest BCUT2D eigenvalue weighted by Gasteiger charge is -2.15. The van der Waals surface area contributed by atoms with E-state index in [1.807, 2.05) is 36.4 Å². The fourth-order valence-corrected chi connectivity index (χ4v) is 4.01. The van der Waals surface area contributed by atoms with Gasteiger partial charge in [-0.25, -0.2) is 0 Å². The van der Waals surface area contributed by atoms with Gasteiger partial charge in [0.05, 0.1) is 12.1 Å². The molecule has 0 bridgehead atoms. The molecule has 5 rings (SSSR count). The first-order valence-electron chi connectivity index (χ1n) is 9.49. The maximum atomic E-state index is 12.8. The minimum Gasteiger partial charge on any atom is -0.382 e. The van der Waals surface area contributed by atoms with Gasteiger partial charge in [0.2, 0.25) is 5.91 Å². The van der Waals surface area contributed by atoms with Crippen LogP contribution in [0.4, 0.5) is 5.82 Å². The zero-order valence-electron chi connectivity index (χ0n) is 16.1. The Morgan fingerprint density at radius 1 is 1.10 bits per heavy atom. The molecule has 0 spiro atoms. The fraction of sp³-hybridized carbons (Fsp3) is 0.0870. The Hall–Kier alpha value is -4.13. The standard InChI is InChI=1S/C23H19N5O2/c1-12(22(25)29)10-28-11-19-16(23(28)30)6-4-13-2-3-14(8-17(13)19)15-5-7-20-18(9-15)21(24)27-26-20/h2-9H,1,10-11H2,(H2,25,29)(H3,24,26,27). The molecule has 0 saturated carbocycles. The third-order valence-corrected chi connectivity index (χ3v) is 5.66. The number of rotatable bonds is 4. The van der Waals surface area contributed by atoms with E-state index in [0.29, 0.717) is 17.9 Å². The van der Waals surface area contributed by atoms with Gasteiger partial charge in [0.25, 0.3) is 5.91 Å². The second-order valence-corrected chi connectivity index (χ2v) is 7.53. The molecule has 0 aliphatic carbocycles. The lowest BCUT2D eigenvalue weighted by Crippen LogP contribution is -2.30. The molecule has 30 heavy (non-hydrogen) atoms. The number of primary amides is 1. The summed E-state index contributed by atoms with van der Waals surface area (Å²) in [4.78, 5) is 25.8. The van der Waals surface area contributed by atoms with Crippen LogP contribution >= 0.6 is 0 Å².